The lowest BCUT2D eigenvalue weighted by Crippen LogP contribution is -2.49. The van der Waals surface area contributed by atoms with Crippen LogP contribution in [0.1, 0.15) is 24.5 Å². The highest BCUT2D eigenvalue weighted by Crippen LogP contribution is 2.31. The van der Waals surface area contributed by atoms with Crippen molar-refractivity contribution in [2.45, 2.75) is 24.7 Å². The molecule has 1 N–H and O–H groups in total. The summed E-state index contributed by atoms with van der Waals surface area (Å²) in [4.78, 5) is 2.24. The van der Waals surface area contributed by atoms with E-state index in [0.717, 1.165) is 36.0 Å². The van der Waals surface area contributed by atoms with E-state index in [1.165, 1.54) is 0 Å². The van der Waals surface area contributed by atoms with E-state index < -0.39 is 11.9 Å². The van der Waals surface area contributed by atoms with Gasteiger partial charge in [-0.1, -0.05) is 34.1 Å². The van der Waals surface area contributed by atoms with E-state index in [2.05, 4.69) is 20.8 Å². The summed E-state index contributed by atoms with van der Waals surface area (Å²) < 4.78 is 12.5. The molecule has 2 saturated heterocycles. The number of benzene rings is 1. The molecule has 1 unspecified atom stereocenters. The van der Waals surface area contributed by atoms with Gasteiger partial charge in [-0.15, -0.1) is 0 Å². The molecule has 1 atom stereocenters. The van der Waals surface area contributed by atoms with E-state index >= 15 is 0 Å². The molecule has 0 aliphatic carbocycles. The van der Waals surface area contributed by atoms with Crippen molar-refractivity contribution in [3.63, 3.8) is 0 Å². The monoisotopic (exact) mass is 341 g/mol. The van der Waals surface area contributed by atoms with E-state index in [9.17, 15) is 5.11 Å². The number of β-amino-alcohol motifs (C(OH)–C–C–N with tert-alkyl or cyclic N) is 1. The van der Waals surface area contributed by atoms with Crippen LogP contribution in [0.5, 0.6) is 0 Å². The van der Waals surface area contributed by atoms with Crippen LogP contribution >= 0.6 is 15.9 Å². The Morgan fingerprint density at radius 2 is 2.05 bits per heavy atom. The van der Waals surface area contributed by atoms with Crippen molar-refractivity contribution in [3.05, 3.63) is 34.3 Å². The van der Waals surface area contributed by atoms with Crippen molar-refractivity contribution < 1.29 is 14.6 Å². The standard InChI is InChI=1S/C15H20BrNO3/c16-13-5-2-1-4-12(13)14(18)10-17-7-3-6-15(11-17)19-8-9-20-15/h1-2,4-5,14,18H,3,6-11H2. The number of aliphatic hydroxyl groups is 1. The minimum Gasteiger partial charge on any atom is -0.387 e. The minimum atomic E-state index is -0.498. The van der Waals surface area contributed by atoms with Crippen molar-refractivity contribution in [2.75, 3.05) is 32.8 Å². The molecule has 2 fully saturated rings. The number of aliphatic hydroxyl groups excluding tert-OH is 1. The van der Waals surface area contributed by atoms with E-state index in [-0.39, 0.29) is 0 Å². The van der Waals surface area contributed by atoms with Crippen LogP contribution in [0.2, 0.25) is 0 Å². The first-order valence-corrected chi connectivity index (χ1v) is 7.91. The lowest BCUT2D eigenvalue weighted by molar-refractivity contribution is -0.191. The number of piperidine rings is 1. The highest BCUT2D eigenvalue weighted by molar-refractivity contribution is 9.10. The van der Waals surface area contributed by atoms with Crippen molar-refractivity contribution in [1.82, 2.24) is 4.90 Å². The zero-order valence-electron chi connectivity index (χ0n) is 11.4. The largest absolute Gasteiger partial charge is 0.387 e. The van der Waals surface area contributed by atoms with Gasteiger partial charge in [0, 0.05) is 17.4 Å². The zero-order chi connectivity index (χ0) is 14.0. The van der Waals surface area contributed by atoms with Gasteiger partial charge in [0.1, 0.15) is 0 Å². The molecular formula is C15H20BrNO3. The number of rotatable bonds is 3. The molecule has 2 aliphatic rings. The van der Waals surface area contributed by atoms with Gasteiger partial charge in [0.05, 0.1) is 25.9 Å². The predicted octanol–water partition coefficient (Wildman–Crippen LogP) is 2.32. The maximum atomic E-state index is 10.4. The molecule has 0 amide bonds. The fourth-order valence-corrected chi connectivity index (χ4v) is 3.60. The molecule has 3 rings (SSSR count). The molecule has 5 heteroatoms. The lowest BCUT2D eigenvalue weighted by Gasteiger charge is -2.39. The average Bonchev–Trinajstić information content (AvgIpc) is 2.87. The Balaban J connectivity index is 1.64. The van der Waals surface area contributed by atoms with Crippen LogP contribution in [0.15, 0.2) is 28.7 Å². The van der Waals surface area contributed by atoms with Crippen LogP contribution in [-0.2, 0) is 9.47 Å². The van der Waals surface area contributed by atoms with Crippen molar-refractivity contribution >= 4 is 15.9 Å². The minimum absolute atomic E-state index is 0.425. The summed E-state index contributed by atoms with van der Waals surface area (Å²) >= 11 is 3.49. The zero-order valence-corrected chi connectivity index (χ0v) is 13.0. The fourth-order valence-electron chi connectivity index (χ4n) is 3.05. The topological polar surface area (TPSA) is 41.9 Å². The summed E-state index contributed by atoms with van der Waals surface area (Å²) in [6.45, 7) is 3.70. The Kier molecular flexibility index (Phi) is 4.43. The maximum Gasteiger partial charge on any atom is 0.181 e. The summed E-state index contributed by atoms with van der Waals surface area (Å²) in [5.74, 6) is -0.425. The van der Waals surface area contributed by atoms with Crippen LogP contribution in [-0.4, -0.2) is 48.6 Å². The normalized spacial score (nSPS) is 24.1. The molecular weight excluding hydrogens is 322 g/mol. The van der Waals surface area contributed by atoms with E-state index in [1.807, 2.05) is 24.3 Å². The number of hydrogen-bond acceptors (Lipinski definition) is 4. The Morgan fingerprint density at radius 3 is 2.80 bits per heavy atom. The first-order chi connectivity index (χ1) is 9.69. The average molecular weight is 342 g/mol. The molecule has 1 spiro atoms. The predicted molar refractivity (Wildman–Crippen MR) is 79.4 cm³/mol. The SMILES string of the molecule is OC(CN1CCCC2(C1)OCCO2)c1ccccc1Br. The molecule has 20 heavy (non-hydrogen) atoms. The van der Waals surface area contributed by atoms with Crippen LogP contribution in [0.3, 0.4) is 0 Å². The van der Waals surface area contributed by atoms with Gasteiger partial charge >= 0.3 is 0 Å². The van der Waals surface area contributed by atoms with Crippen LogP contribution < -0.4 is 0 Å². The highest BCUT2D eigenvalue weighted by atomic mass is 79.9. The quantitative estimate of drug-likeness (QED) is 0.916. The van der Waals surface area contributed by atoms with Gasteiger partial charge in [-0.25, -0.2) is 0 Å². The van der Waals surface area contributed by atoms with Gasteiger partial charge in [0.15, 0.2) is 5.79 Å². The molecule has 0 bridgehead atoms. The smallest absolute Gasteiger partial charge is 0.181 e. The molecule has 2 heterocycles. The van der Waals surface area contributed by atoms with Gasteiger partial charge in [0.25, 0.3) is 0 Å². The first-order valence-electron chi connectivity index (χ1n) is 7.11. The summed E-state index contributed by atoms with van der Waals surface area (Å²) in [5.41, 5.74) is 0.931. The second-order valence-corrected chi connectivity index (χ2v) is 6.34. The number of hydrogen-bond donors (Lipinski definition) is 1. The molecule has 110 valence electrons. The van der Waals surface area contributed by atoms with Crippen LogP contribution in [0.25, 0.3) is 0 Å². The van der Waals surface area contributed by atoms with Gasteiger partial charge in [-0.3, -0.25) is 4.90 Å². The Bertz CT molecular complexity index is 462. The van der Waals surface area contributed by atoms with Gasteiger partial charge in [0.2, 0.25) is 0 Å². The van der Waals surface area contributed by atoms with E-state index in [1.54, 1.807) is 0 Å². The molecule has 0 saturated carbocycles. The molecule has 0 aromatic heterocycles. The Morgan fingerprint density at radius 1 is 1.30 bits per heavy atom. The third-order valence-corrected chi connectivity index (χ3v) is 4.73. The van der Waals surface area contributed by atoms with Crippen molar-refractivity contribution in [2.24, 2.45) is 0 Å². The van der Waals surface area contributed by atoms with Crippen molar-refractivity contribution in [1.29, 1.82) is 0 Å². The molecule has 0 radical (unpaired) electrons. The van der Waals surface area contributed by atoms with Crippen molar-refractivity contribution in [3.8, 4) is 0 Å². The molecule has 4 nitrogen and oxygen atoms in total. The molecule has 1 aromatic carbocycles. The molecule has 2 aliphatic heterocycles. The summed E-state index contributed by atoms with van der Waals surface area (Å²) in [6, 6.07) is 7.82. The third kappa shape index (κ3) is 3.07. The number of halogens is 1. The number of ether oxygens (including phenoxy) is 2. The van der Waals surface area contributed by atoms with Crippen LogP contribution in [0, 0.1) is 0 Å². The van der Waals surface area contributed by atoms with Gasteiger partial charge < -0.3 is 14.6 Å². The Hall–Kier alpha value is -0.460. The third-order valence-electron chi connectivity index (χ3n) is 4.01. The second-order valence-electron chi connectivity index (χ2n) is 5.48. The lowest BCUT2D eigenvalue weighted by atomic mass is 10.0. The van der Waals surface area contributed by atoms with Crippen LogP contribution in [0.4, 0.5) is 0 Å². The molecule has 1 aromatic rings. The highest BCUT2D eigenvalue weighted by Gasteiger charge is 2.41. The number of likely N-dealkylation sites (tertiary alicyclic amines) is 1. The summed E-state index contributed by atoms with van der Waals surface area (Å²) in [7, 11) is 0. The van der Waals surface area contributed by atoms with E-state index in [0.29, 0.717) is 19.8 Å². The maximum absolute atomic E-state index is 10.4. The summed E-state index contributed by atoms with van der Waals surface area (Å²) in [6.07, 6.45) is 1.50. The number of nitrogens with zero attached hydrogens (tertiary/aromatic N) is 1. The van der Waals surface area contributed by atoms with E-state index in [4.69, 9.17) is 9.47 Å². The summed E-state index contributed by atoms with van der Waals surface area (Å²) in [5, 5.41) is 10.4. The second kappa shape index (κ2) is 6.12. The van der Waals surface area contributed by atoms with Gasteiger partial charge in [-0.05, 0) is 24.6 Å². The first kappa shape index (κ1) is 14.5. The fraction of sp³-hybridized carbons (Fsp3) is 0.600. The van der Waals surface area contributed by atoms with Gasteiger partial charge in [-0.2, -0.15) is 0 Å². The Labute approximate surface area is 127 Å².